The molecule has 10 nitrogen and oxygen atoms in total. The highest BCUT2D eigenvalue weighted by molar-refractivity contribution is 6.34. The topological polar surface area (TPSA) is 126 Å². The van der Waals surface area contributed by atoms with Gasteiger partial charge in [-0.15, -0.1) is 0 Å². The zero-order valence-electron chi connectivity index (χ0n) is 21.1. The molecular formula is C27H25ClN2O8. The van der Waals surface area contributed by atoms with Gasteiger partial charge in [-0.3, -0.25) is 19.7 Å². The third-order valence-electron chi connectivity index (χ3n) is 6.45. The molecule has 1 aliphatic carbocycles. The number of amides is 1. The van der Waals surface area contributed by atoms with Gasteiger partial charge < -0.3 is 24.3 Å². The summed E-state index contributed by atoms with van der Waals surface area (Å²) in [5.74, 6) is 0.623. The van der Waals surface area contributed by atoms with Crippen molar-refractivity contribution in [1.82, 2.24) is 5.32 Å². The molecule has 198 valence electrons. The molecule has 1 amide bonds. The second-order valence-corrected chi connectivity index (χ2v) is 8.79. The van der Waals surface area contributed by atoms with Crippen molar-refractivity contribution in [3.63, 3.8) is 0 Å². The van der Waals surface area contributed by atoms with Gasteiger partial charge in [0.25, 0.3) is 11.6 Å². The maximum Gasteiger partial charge on any atom is 0.269 e. The van der Waals surface area contributed by atoms with Crippen LogP contribution in [0.2, 0.25) is 5.02 Å². The van der Waals surface area contributed by atoms with Crippen LogP contribution in [-0.2, 0) is 6.42 Å². The molecule has 0 heterocycles. The number of nitro benzene ring substituents is 1. The first-order chi connectivity index (χ1) is 18.2. The summed E-state index contributed by atoms with van der Waals surface area (Å²) in [5.41, 5.74) is 2.15. The van der Waals surface area contributed by atoms with Crippen LogP contribution in [0.15, 0.2) is 47.3 Å². The maximum atomic E-state index is 13.2. The Morgan fingerprint density at radius 1 is 0.974 bits per heavy atom. The van der Waals surface area contributed by atoms with Crippen LogP contribution in [-0.4, -0.2) is 39.3 Å². The van der Waals surface area contributed by atoms with Gasteiger partial charge in [0, 0.05) is 23.3 Å². The van der Waals surface area contributed by atoms with Crippen LogP contribution >= 0.6 is 11.6 Å². The molecule has 0 unspecified atom stereocenters. The molecule has 3 aromatic carbocycles. The number of nitro groups is 1. The van der Waals surface area contributed by atoms with E-state index in [9.17, 15) is 19.7 Å². The van der Waals surface area contributed by atoms with Crippen LogP contribution < -0.4 is 29.7 Å². The number of halogens is 1. The second-order valence-electron chi connectivity index (χ2n) is 8.42. The van der Waals surface area contributed by atoms with Gasteiger partial charge in [-0.1, -0.05) is 17.7 Å². The van der Waals surface area contributed by atoms with Gasteiger partial charge in [-0.05, 0) is 53.8 Å². The van der Waals surface area contributed by atoms with Gasteiger partial charge in [0.1, 0.15) is 0 Å². The first-order valence-electron chi connectivity index (χ1n) is 11.5. The second kappa shape index (κ2) is 11.0. The number of fused-ring (bicyclic) bond motifs is 3. The zero-order valence-corrected chi connectivity index (χ0v) is 21.9. The van der Waals surface area contributed by atoms with Crippen LogP contribution in [0.4, 0.5) is 5.69 Å². The predicted molar refractivity (Wildman–Crippen MR) is 141 cm³/mol. The maximum absolute atomic E-state index is 13.2. The fourth-order valence-electron chi connectivity index (χ4n) is 4.66. The van der Waals surface area contributed by atoms with Gasteiger partial charge in [0.15, 0.2) is 17.2 Å². The smallest absolute Gasteiger partial charge is 0.269 e. The summed E-state index contributed by atoms with van der Waals surface area (Å²) in [6.07, 6.45) is 0.780. The zero-order chi connectivity index (χ0) is 27.6. The minimum absolute atomic E-state index is 0.116. The lowest BCUT2D eigenvalue weighted by molar-refractivity contribution is -0.384. The van der Waals surface area contributed by atoms with E-state index in [0.717, 1.165) is 0 Å². The largest absolute Gasteiger partial charge is 0.493 e. The molecule has 0 aromatic heterocycles. The van der Waals surface area contributed by atoms with Gasteiger partial charge in [0.2, 0.25) is 11.2 Å². The van der Waals surface area contributed by atoms with E-state index in [-0.39, 0.29) is 22.4 Å². The van der Waals surface area contributed by atoms with Crippen LogP contribution in [0.5, 0.6) is 23.0 Å². The number of carbonyl (C=O) groups is 1. The van der Waals surface area contributed by atoms with Crippen LogP contribution in [0.1, 0.15) is 33.9 Å². The van der Waals surface area contributed by atoms with Crippen LogP contribution in [0.3, 0.4) is 0 Å². The average Bonchev–Trinajstić information content (AvgIpc) is 3.17. The van der Waals surface area contributed by atoms with Gasteiger partial charge in [0.05, 0.1) is 44.4 Å². The van der Waals surface area contributed by atoms with Gasteiger partial charge >= 0.3 is 0 Å². The van der Waals surface area contributed by atoms with Gasteiger partial charge in [-0.2, -0.15) is 0 Å². The Balaban J connectivity index is 1.92. The first-order valence-corrected chi connectivity index (χ1v) is 11.9. The number of hydrogen-bond donors (Lipinski definition) is 1. The average molecular weight is 541 g/mol. The van der Waals surface area contributed by atoms with Crippen molar-refractivity contribution < 1.29 is 28.7 Å². The molecule has 0 saturated heterocycles. The minimum Gasteiger partial charge on any atom is -0.493 e. The van der Waals surface area contributed by atoms with E-state index in [1.807, 2.05) is 0 Å². The van der Waals surface area contributed by atoms with E-state index < -0.39 is 16.9 Å². The highest BCUT2D eigenvalue weighted by atomic mass is 35.5. The van der Waals surface area contributed by atoms with E-state index in [0.29, 0.717) is 57.4 Å². The minimum atomic E-state index is -0.623. The summed E-state index contributed by atoms with van der Waals surface area (Å²) < 4.78 is 22.1. The Labute approximate surface area is 223 Å². The van der Waals surface area contributed by atoms with E-state index in [4.69, 9.17) is 30.5 Å². The number of nitrogens with one attached hydrogen (secondary N) is 1. The lowest BCUT2D eigenvalue weighted by Crippen LogP contribution is -2.29. The van der Waals surface area contributed by atoms with E-state index in [1.165, 1.54) is 58.8 Å². The fourth-order valence-corrected chi connectivity index (χ4v) is 5.02. The lowest BCUT2D eigenvalue weighted by Gasteiger charge is -2.21. The van der Waals surface area contributed by atoms with Crippen LogP contribution in [0, 0.1) is 10.1 Å². The number of non-ortho nitro benzene ring substituents is 1. The molecule has 0 saturated carbocycles. The highest BCUT2D eigenvalue weighted by Gasteiger charge is 2.32. The van der Waals surface area contributed by atoms with Crippen molar-refractivity contribution in [2.75, 3.05) is 28.4 Å². The van der Waals surface area contributed by atoms with E-state index in [2.05, 4.69) is 5.32 Å². The van der Waals surface area contributed by atoms with Crippen molar-refractivity contribution in [2.24, 2.45) is 0 Å². The lowest BCUT2D eigenvalue weighted by atomic mass is 9.95. The fraction of sp³-hybridized carbons (Fsp3) is 0.259. The Bertz CT molecular complexity index is 1470. The Kier molecular flexibility index (Phi) is 7.72. The molecule has 0 spiro atoms. The summed E-state index contributed by atoms with van der Waals surface area (Å²) in [6, 6.07) is 9.35. The Morgan fingerprint density at radius 2 is 1.63 bits per heavy atom. The highest BCUT2D eigenvalue weighted by Crippen LogP contribution is 2.54. The third-order valence-corrected chi connectivity index (χ3v) is 6.85. The molecular weight excluding hydrogens is 516 g/mol. The number of hydrogen-bond acceptors (Lipinski definition) is 8. The molecule has 4 rings (SSSR count). The molecule has 0 aliphatic heterocycles. The molecule has 1 atom stereocenters. The Hall–Kier alpha value is -4.31. The number of rotatable bonds is 7. The SMILES string of the molecule is COc1c(Cl)c2c(c(OC)c1OC)-c1ccc(OC)c(=O)cc1[C@@H](NC(=O)c1ccc([N+](=O)[O-])cc1)CC2. The number of nitrogens with zero attached hydrogens (tertiary/aromatic N) is 1. The summed E-state index contributed by atoms with van der Waals surface area (Å²) in [4.78, 5) is 36.6. The molecule has 0 radical (unpaired) electrons. The monoisotopic (exact) mass is 540 g/mol. The molecule has 3 aromatic rings. The van der Waals surface area contributed by atoms with Gasteiger partial charge in [-0.25, -0.2) is 0 Å². The normalized spacial score (nSPS) is 13.9. The molecule has 0 fully saturated rings. The Morgan fingerprint density at radius 3 is 2.21 bits per heavy atom. The quantitative estimate of drug-likeness (QED) is 0.337. The van der Waals surface area contributed by atoms with Crippen molar-refractivity contribution >= 4 is 23.2 Å². The summed E-state index contributed by atoms with van der Waals surface area (Å²) >= 11 is 6.80. The first kappa shape index (κ1) is 26.7. The molecule has 1 aliphatic rings. The molecule has 38 heavy (non-hydrogen) atoms. The standard InChI is InChI=1S/C27H25ClN2O8/c1-35-21-12-10-16-18(13-20(21)31)19(29-27(32)14-5-7-15(8-6-14)30(33)34)11-9-17-22(16)24(36-2)26(38-4)25(37-3)23(17)28/h5-8,10,12-13,19H,9,11H2,1-4H3,(H,29,32)/t19-/m0/s1. The molecule has 11 heteroatoms. The summed E-state index contributed by atoms with van der Waals surface area (Å²) in [7, 11) is 5.83. The summed E-state index contributed by atoms with van der Waals surface area (Å²) in [6.45, 7) is 0. The number of methoxy groups -OCH3 is 4. The number of carbonyl (C=O) groups excluding carboxylic acids is 1. The summed E-state index contributed by atoms with van der Waals surface area (Å²) in [5, 5.41) is 14.3. The molecule has 1 N–H and O–H groups in total. The van der Waals surface area contributed by atoms with E-state index >= 15 is 0 Å². The third kappa shape index (κ3) is 4.70. The van der Waals surface area contributed by atoms with Crippen LogP contribution in [0.25, 0.3) is 11.1 Å². The van der Waals surface area contributed by atoms with Crippen molar-refractivity contribution in [3.8, 4) is 34.1 Å². The van der Waals surface area contributed by atoms with Crippen molar-refractivity contribution in [3.05, 3.63) is 84.5 Å². The number of benzene rings is 2. The number of ether oxygens (including phenoxy) is 4. The van der Waals surface area contributed by atoms with Crippen molar-refractivity contribution in [2.45, 2.75) is 18.9 Å². The predicted octanol–water partition coefficient (Wildman–Crippen LogP) is 4.73. The van der Waals surface area contributed by atoms with Crippen molar-refractivity contribution in [1.29, 1.82) is 0 Å². The molecule has 0 bridgehead atoms. The van der Waals surface area contributed by atoms with E-state index in [1.54, 1.807) is 12.1 Å².